The summed E-state index contributed by atoms with van der Waals surface area (Å²) in [6.45, 7) is 6.03. The molecule has 3 aromatic rings. The molecule has 0 aliphatic carbocycles. The van der Waals surface area contributed by atoms with Crippen LogP contribution >= 0.6 is 11.6 Å². The van der Waals surface area contributed by atoms with E-state index in [2.05, 4.69) is 16.1 Å². The molecule has 37 heavy (non-hydrogen) atoms. The topological polar surface area (TPSA) is 88.9 Å². The number of aromatic amines is 1. The molecule has 2 heterocycles. The summed E-state index contributed by atoms with van der Waals surface area (Å²) in [5, 5.41) is 3.05. The maximum atomic E-state index is 13.6. The Labute approximate surface area is 219 Å². The van der Waals surface area contributed by atoms with Crippen LogP contribution in [0.1, 0.15) is 35.2 Å². The molecular formula is C27H30ClFN4O4. The molecule has 1 saturated heterocycles. The number of methoxy groups -OCH3 is 1. The van der Waals surface area contributed by atoms with Gasteiger partial charge in [0.25, 0.3) is 5.56 Å². The second-order valence-electron chi connectivity index (χ2n) is 8.91. The van der Waals surface area contributed by atoms with Crippen LogP contribution < -0.4 is 5.56 Å². The van der Waals surface area contributed by atoms with Crippen LogP contribution in [-0.2, 0) is 27.4 Å². The van der Waals surface area contributed by atoms with E-state index in [1.54, 1.807) is 6.92 Å². The van der Waals surface area contributed by atoms with Gasteiger partial charge in [-0.1, -0.05) is 42.8 Å². The molecule has 10 heteroatoms. The van der Waals surface area contributed by atoms with Crippen molar-refractivity contribution in [1.82, 2.24) is 14.7 Å². The van der Waals surface area contributed by atoms with Crippen molar-refractivity contribution >= 4 is 23.6 Å². The molecule has 0 bridgehead atoms. The molecule has 1 fully saturated rings. The highest BCUT2D eigenvalue weighted by Crippen LogP contribution is 2.23. The summed E-state index contributed by atoms with van der Waals surface area (Å²) in [6.07, 6.45) is 0.743. The Kier molecular flexibility index (Phi) is 9.04. The third-order valence-electron chi connectivity index (χ3n) is 6.35. The number of aromatic nitrogens is 2. The minimum absolute atomic E-state index is 0.0578. The number of H-pyrrole nitrogens is 1. The third kappa shape index (κ3) is 6.24. The van der Waals surface area contributed by atoms with Gasteiger partial charge in [-0.3, -0.25) is 19.8 Å². The fourth-order valence-electron chi connectivity index (χ4n) is 4.34. The zero-order valence-corrected chi connectivity index (χ0v) is 21.6. The van der Waals surface area contributed by atoms with Gasteiger partial charge in [-0.25, -0.2) is 9.07 Å². The van der Waals surface area contributed by atoms with Gasteiger partial charge < -0.3 is 14.3 Å². The smallest absolute Gasteiger partial charge is 0.280 e. The van der Waals surface area contributed by atoms with Gasteiger partial charge in [0.2, 0.25) is 0 Å². The lowest BCUT2D eigenvalue weighted by molar-refractivity contribution is -0.108. The van der Waals surface area contributed by atoms with Crippen molar-refractivity contribution < 1.29 is 18.7 Å². The summed E-state index contributed by atoms with van der Waals surface area (Å²) in [6, 6.07) is 11.8. The molecule has 1 unspecified atom stereocenters. The number of halogens is 2. The zero-order chi connectivity index (χ0) is 26.4. The van der Waals surface area contributed by atoms with Crippen molar-refractivity contribution in [3.05, 3.63) is 86.0 Å². The molecule has 1 N–H and O–H groups in total. The summed E-state index contributed by atoms with van der Waals surface area (Å²) in [5.74, 6) is -1.15. The van der Waals surface area contributed by atoms with E-state index in [-0.39, 0.29) is 22.9 Å². The Balaban J connectivity index is 1.73. The number of rotatable bonds is 10. The van der Waals surface area contributed by atoms with Crippen LogP contribution in [-0.4, -0.2) is 66.7 Å². The molecule has 0 spiro atoms. The van der Waals surface area contributed by atoms with Crippen LogP contribution in [0, 0.1) is 5.82 Å². The highest BCUT2D eigenvalue weighted by molar-refractivity contribution is 6.32. The molecule has 1 aromatic heterocycles. The number of aldehydes is 1. The highest BCUT2D eigenvalue weighted by atomic mass is 35.5. The van der Waals surface area contributed by atoms with Crippen molar-refractivity contribution in [3.8, 4) is 5.69 Å². The summed E-state index contributed by atoms with van der Waals surface area (Å²) in [7, 11) is 1.52. The summed E-state index contributed by atoms with van der Waals surface area (Å²) < 4.78 is 25.7. The number of carbonyl (C=O) groups excluding carboxylic acids is 1. The Morgan fingerprint density at radius 3 is 2.65 bits per heavy atom. The van der Waals surface area contributed by atoms with Crippen LogP contribution in [0.3, 0.4) is 0 Å². The molecule has 2 aromatic carbocycles. The first kappa shape index (κ1) is 26.9. The Bertz CT molecular complexity index is 1330. The number of hydrogen-bond donors (Lipinski definition) is 1. The van der Waals surface area contributed by atoms with E-state index in [0.717, 1.165) is 43.1 Å². The third-order valence-corrected chi connectivity index (χ3v) is 6.66. The molecule has 1 aliphatic rings. The highest BCUT2D eigenvalue weighted by Gasteiger charge is 2.25. The van der Waals surface area contributed by atoms with Gasteiger partial charge >= 0.3 is 0 Å². The molecule has 0 saturated carbocycles. The van der Waals surface area contributed by atoms with E-state index < -0.39 is 17.3 Å². The number of benzene rings is 2. The Morgan fingerprint density at radius 1 is 1.24 bits per heavy atom. The van der Waals surface area contributed by atoms with Gasteiger partial charge in [-0.05, 0) is 29.3 Å². The van der Waals surface area contributed by atoms with Crippen molar-refractivity contribution in [2.75, 3.05) is 40.0 Å². The molecule has 4 rings (SSSR count). The average molecular weight is 529 g/mol. The molecule has 196 valence electrons. The zero-order valence-electron chi connectivity index (χ0n) is 20.9. The van der Waals surface area contributed by atoms with Gasteiger partial charge in [-0.2, -0.15) is 0 Å². The molecule has 1 atom stereocenters. The standard InChI is InChI=1S/C27H30ClFN4O4/c1-18(16-34)26-25(27(35)33(31-26)24-8-7-21(29)13-22(24)28)23(17-36-2)30-14-19-5-3-4-6-20(19)15-32-9-11-37-12-10-32/h3-8,13,16,18,31H,9-12,14-15,17H2,1-2H3. The van der Waals surface area contributed by atoms with E-state index in [1.807, 2.05) is 18.2 Å². The largest absolute Gasteiger partial charge is 0.379 e. The van der Waals surface area contributed by atoms with Crippen molar-refractivity contribution in [3.63, 3.8) is 0 Å². The average Bonchev–Trinajstić information content (AvgIpc) is 3.24. The number of hydrogen-bond acceptors (Lipinski definition) is 6. The van der Waals surface area contributed by atoms with Crippen molar-refractivity contribution in [1.29, 1.82) is 0 Å². The van der Waals surface area contributed by atoms with E-state index in [9.17, 15) is 14.0 Å². The Morgan fingerprint density at radius 2 is 1.97 bits per heavy atom. The normalized spacial score (nSPS) is 15.6. The minimum atomic E-state index is -0.626. The first-order chi connectivity index (χ1) is 17.9. The minimum Gasteiger partial charge on any atom is -0.379 e. The fraction of sp³-hybridized carbons (Fsp3) is 0.370. The molecule has 0 amide bonds. The van der Waals surface area contributed by atoms with Crippen LogP contribution in [0.2, 0.25) is 5.02 Å². The monoisotopic (exact) mass is 528 g/mol. The lowest BCUT2D eigenvalue weighted by Gasteiger charge is -2.27. The summed E-state index contributed by atoms with van der Waals surface area (Å²) in [4.78, 5) is 32.5. The number of carbonyl (C=O) groups is 1. The molecular weight excluding hydrogens is 499 g/mol. The summed E-state index contributed by atoms with van der Waals surface area (Å²) >= 11 is 6.23. The number of aliphatic imine (C=N–C) groups is 1. The number of nitrogens with zero attached hydrogens (tertiary/aromatic N) is 3. The van der Waals surface area contributed by atoms with E-state index in [4.69, 9.17) is 26.1 Å². The van der Waals surface area contributed by atoms with Gasteiger partial charge in [0.05, 0.1) is 60.0 Å². The van der Waals surface area contributed by atoms with E-state index in [1.165, 1.54) is 23.9 Å². The van der Waals surface area contributed by atoms with Gasteiger partial charge in [0.1, 0.15) is 12.1 Å². The predicted octanol–water partition coefficient (Wildman–Crippen LogP) is 3.73. The lowest BCUT2D eigenvalue weighted by atomic mass is 10.0. The molecule has 1 aliphatic heterocycles. The van der Waals surface area contributed by atoms with Crippen molar-refractivity contribution in [2.45, 2.75) is 25.9 Å². The van der Waals surface area contributed by atoms with Gasteiger partial charge in [0.15, 0.2) is 0 Å². The van der Waals surface area contributed by atoms with Gasteiger partial charge in [0, 0.05) is 26.7 Å². The predicted molar refractivity (Wildman–Crippen MR) is 140 cm³/mol. The van der Waals surface area contributed by atoms with Gasteiger partial charge in [-0.15, -0.1) is 0 Å². The lowest BCUT2D eigenvalue weighted by Crippen LogP contribution is -2.35. The van der Waals surface area contributed by atoms with Crippen molar-refractivity contribution in [2.24, 2.45) is 4.99 Å². The fourth-order valence-corrected chi connectivity index (χ4v) is 4.59. The number of ether oxygens (including phenoxy) is 2. The van der Waals surface area contributed by atoms with E-state index >= 15 is 0 Å². The second kappa shape index (κ2) is 12.4. The Hall–Kier alpha value is -3.11. The number of nitrogens with one attached hydrogen (secondary N) is 1. The first-order valence-corrected chi connectivity index (χ1v) is 12.5. The van der Waals surface area contributed by atoms with Crippen LogP contribution in [0.25, 0.3) is 5.69 Å². The molecule has 0 radical (unpaired) electrons. The summed E-state index contributed by atoms with van der Waals surface area (Å²) in [5.41, 5.74) is 3.04. The maximum Gasteiger partial charge on any atom is 0.280 e. The maximum absolute atomic E-state index is 13.6. The van der Waals surface area contributed by atoms with Crippen LogP contribution in [0.15, 0.2) is 52.3 Å². The molecule has 8 nitrogen and oxygen atoms in total. The van der Waals surface area contributed by atoms with Crippen LogP contribution in [0.5, 0.6) is 0 Å². The van der Waals surface area contributed by atoms with Crippen LogP contribution in [0.4, 0.5) is 4.39 Å². The number of morpholine rings is 1. The SMILES string of the molecule is COCC(=NCc1ccccc1CN1CCOCC1)c1c(C(C)C=O)[nH]n(-c2ccc(F)cc2Cl)c1=O. The quantitative estimate of drug-likeness (QED) is 0.320. The van der Waals surface area contributed by atoms with E-state index in [0.29, 0.717) is 31.2 Å². The first-order valence-electron chi connectivity index (χ1n) is 12.1. The second-order valence-corrected chi connectivity index (χ2v) is 9.32.